The lowest BCUT2D eigenvalue weighted by Gasteiger charge is -1.93. The predicted molar refractivity (Wildman–Crippen MR) is 67.8 cm³/mol. The Hall–Kier alpha value is -1.94. The molecule has 92 valence electrons. The fourth-order valence-electron chi connectivity index (χ4n) is 1.17. The van der Waals surface area contributed by atoms with E-state index >= 15 is 0 Å². The van der Waals surface area contributed by atoms with E-state index in [4.69, 9.17) is 0 Å². The third-order valence-corrected chi connectivity index (χ3v) is 2.37. The summed E-state index contributed by atoms with van der Waals surface area (Å²) in [7, 11) is 0. The maximum atomic E-state index is 10.4. The van der Waals surface area contributed by atoms with Crippen molar-refractivity contribution in [1.29, 1.82) is 0 Å². The highest BCUT2D eigenvalue weighted by atomic mass is 16.2. The molecule has 1 heterocycles. The lowest BCUT2D eigenvalue weighted by molar-refractivity contribution is -0.123. The van der Waals surface area contributed by atoms with Crippen molar-refractivity contribution in [3.63, 3.8) is 0 Å². The number of carbonyl (C=O) groups excluding carboxylic acids is 2. The van der Waals surface area contributed by atoms with Crippen LogP contribution in [0.15, 0.2) is 35.9 Å². The normalized spacial score (nSPS) is 13.0. The first kappa shape index (κ1) is 15.1. The summed E-state index contributed by atoms with van der Waals surface area (Å²) < 4.78 is 0. The van der Waals surface area contributed by atoms with Crippen LogP contribution in [0.3, 0.4) is 0 Å². The van der Waals surface area contributed by atoms with Gasteiger partial charge in [0.25, 0.3) is 11.8 Å². The topological polar surface area (TPSA) is 81.2 Å². The zero-order valence-electron chi connectivity index (χ0n) is 10.4. The van der Waals surface area contributed by atoms with E-state index in [2.05, 4.69) is 43.4 Å². The molecular weight excluding hydrogens is 216 g/mol. The Kier molecular flexibility index (Phi) is 5.85. The van der Waals surface area contributed by atoms with Gasteiger partial charge in [-0.15, -0.1) is 0 Å². The standard InChI is InChI=1S/C8H10.C5H5NO2.H3N/c1-7-5-3-4-6-8(7)2;1-3-2-4(7)6-5(3)8;/h3-6H,1-2H3;2H,1H3,(H,6,7,8);1H3. The summed E-state index contributed by atoms with van der Waals surface area (Å²) in [4.78, 5) is 20.6. The number of benzene rings is 1. The Morgan fingerprint density at radius 2 is 1.41 bits per heavy atom. The lowest BCUT2D eigenvalue weighted by atomic mass is 10.1. The number of nitrogens with one attached hydrogen (secondary N) is 1. The molecule has 0 atom stereocenters. The van der Waals surface area contributed by atoms with Crippen molar-refractivity contribution in [3.05, 3.63) is 47.0 Å². The first-order valence-corrected chi connectivity index (χ1v) is 5.06. The monoisotopic (exact) mass is 234 g/mol. The molecule has 0 fully saturated rings. The zero-order valence-corrected chi connectivity index (χ0v) is 10.4. The molecule has 0 aromatic heterocycles. The molecule has 1 aliphatic heterocycles. The van der Waals surface area contributed by atoms with E-state index in [1.165, 1.54) is 17.2 Å². The fraction of sp³-hybridized carbons (Fsp3) is 0.231. The highest BCUT2D eigenvalue weighted by molar-refractivity contribution is 6.15. The van der Waals surface area contributed by atoms with E-state index in [9.17, 15) is 9.59 Å². The van der Waals surface area contributed by atoms with Crippen molar-refractivity contribution in [2.24, 2.45) is 0 Å². The number of hydrogen-bond donors (Lipinski definition) is 2. The molecule has 4 N–H and O–H groups in total. The minimum atomic E-state index is -0.312. The number of aryl methyl sites for hydroxylation is 2. The predicted octanol–water partition coefficient (Wildman–Crippen LogP) is 2.05. The van der Waals surface area contributed by atoms with Crippen LogP contribution in [0.4, 0.5) is 0 Å². The van der Waals surface area contributed by atoms with Gasteiger partial charge in [0.15, 0.2) is 0 Å². The number of imide groups is 1. The van der Waals surface area contributed by atoms with Crippen molar-refractivity contribution < 1.29 is 9.59 Å². The first-order chi connectivity index (χ1) is 7.50. The summed E-state index contributed by atoms with van der Waals surface area (Å²) in [5, 5.41) is 2.10. The van der Waals surface area contributed by atoms with Gasteiger partial charge in [0.2, 0.25) is 0 Å². The minimum Gasteiger partial charge on any atom is -0.344 e. The summed E-state index contributed by atoms with van der Waals surface area (Å²) in [5.41, 5.74) is 3.22. The van der Waals surface area contributed by atoms with Gasteiger partial charge >= 0.3 is 0 Å². The summed E-state index contributed by atoms with van der Waals surface area (Å²) in [6.07, 6.45) is 1.28. The maximum Gasteiger partial charge on any atom is 0.253 e. The third kappa shape index (κ3) is 4.61. The maximum absolute atomic E-state index is 10.4. The van der Waals surface area contributed by atoms with E-state index in [1.807, 2.05) is 0 Å². The summed E-state index contributed by atoms with van der Waals surface area (Å²) in [5.74, 6) is -0.595. The van der Waals surface area contributed by atoms with Crippen molar-refractivity contribution >= 4 is 11.8 Å². The van der Waals surface area contributed by atoms with Crippen LogP contribution in [0.5, 0.6) is 0 Å². The molecule has 0 radical (unpaired) electrons. The zero-order chi connectivity index (χ0) is 12.1. The van der Waals surface area contributed by atoms with Gasteiger partial charge in [-0.1, -0.05) is 24.3 Å². The largest absolute Gasteiger partial charge is 0.344 e. The second-order valence-corrected chi connectivity index (χ2v) is 3.73. The second kappa shape index (κ2) is 6.60. The molecule has 4 nitrogen and oxygen atoms in total. The average Bonchev–Trinajstić information content (AvgIpc) is 2.50. The quantitative estimate of drug-likeness (QED) is 0.674. The van der Waals surface area contributed by atoms with Crippen LogP contribution in [0.2, 0.25) is 0 Å². The second-order valence-electron chi connectivity index (χ2n) is 3.73. The van der Waals surface area contributed by atoms with E-state index in [0.717, 1.165) is 0 Å². The van der Waals surface area contributed by atoms with Crippen molar-refractivity contribution in [2.75, 3.05) is 0 Å². The minimum absolute atomic E-state index is 0. The van der Waals surface area contributed by atoms with E-state index < -0.39 is 0 Å². The number of hydrogen-bond acceptors (Lipinski definition) is 3. The van der Waals surface area contributed by atoms with Gasteiger partial charge in [-0.2, -0.15) is 0 Å². The molecule has 0 spiro atoms. The van der Waals surface area contributed by atoms with Crippen molar-refractivity contribution in [2.45, 2.75) is 20.8 Å². The van der Waals surface area contributed by atoms with Crippen LogP contribution >= 0.6 is 0 Å². The Balaban J connectivity index is 0.000000284. The first-order valence-electron chi connectivity index (χ1n) is 5.06. The van der Waals surface area contributed by atoms with Gasteiger partial charge in [-0.3, -0.25) is 14.9 Å². The molecule has 0 unspecified atom stereocenters. The molecule has 1 aromatic carbocycles. The summed E-state index contributed by atoms with van der Waals surface area (Å²) >= 11 is 0. The molecule has 0 saturated heterocycles. The van der Waals surface area contributed by atoms with Crippen LogP contribution in [-0.2, 0) is 9.59 Å². The van der Waals surface area contributed by atoms with E-state index in [1.54, 1.807) is 6.92 Å². The van der Waals surface area contributed by atoms with Crippen molar-refractivity contribution in [1.82, 2.24) is 11.5 Å². The van der Waals surface area contributed by atoms with Gasteiger partial charge < -0.3 is 6.15 Å². The van der Waals surface area contributed by atoms with Gasteiger partial charge in [-0.25, -0.2) is 0 Å². The molecule has 17 heavy (non-hydrogen) atoms. The molecule has 0 bridgehead atoms. The average molecular weight is 234 g/mol. The van der Waals surface area contributed by atoms with E-state index in [0.29, 0.717) is 5.57 Å². The summed E-state index contributed by atoms with van der Waals surface area (Å²) in [6, 6.07) is 8.36. The molecular formula is C13H18N2O2. The fourth-order valence-corrected chi connectivity index (χ4v) is 1.17. The van der Waals surface area contributed by atoms with Crippen LogP contribution in [0, 0.1) is 13.8 Å². The molecule has 1 aliphatic rings. The van der Waals surface area contributed by atoms with Crippen LogP contribution in [-0.4, -0.2) is 11.8 Å². The molecule has 4 heteroatoms. The van der Waals surface area contributed by atoms with Gasteiger partial charge in [0.05, 0.1) is 0 Å². The Morgan fingerprint density at radius 1 is 0.941 bits per heavy atom. The molecule has 1 aromatic rings. The Morgan fingerprint density at radius 3 is 1.59 bits per heavy atom. The van der Waals surface area contributed by atoms with Crippen molar-refractivity contribution in [3.8, 4) is 0 Å². The van der Waals surface area contributed by atoms with Gasteiger partial charge in [0, 0.05) is 11.6 Å². The van der Waals surface area contributed by atoms with E-state index in [-0.39, 0.29) is 18.0 Å². The lowest BCUT2D eigenvalue weighted by Crippen LogP contribution is -2.21. The third-order valence-electron chi connectivity index (χ3n) is 2.37. The van der Waals surface area contributed by atoms with Crippen LogP contribution in [0.1, 0.15) is 18.1 Å². The Bertz CT molecular complexity index is 429. The molecule has 2 rings (SSSR count). The van der Waals surface area contributed by atoms with Gasteiger partial charge in [0.1, 0.15) is 0 Å². The number of rotatable bonds is 0. The SMILES string of the molecule is CC1=CC(=O)NC1=O.Cc1ccccc1C.N. The molecule has 0 aliphatic carbocycles. The number of carbonyl (C=O) groups is 2. The van der Waals surface area contributed by atoms with Crippen LogP contribution in [0.25, 0.3) is 0 Å². The summed E-state index contributed by atoms with van der Waals surface area (Å²) in [6.45, 7) is 5.84. The highest BCUT2D eigenvalue weighted by Gasteiger charge is 2.15. The smallest absolute Gasteiger partial charge is 0.253 e. The highest BCUT2D eigenvalue weighted by Crippen LogP contribution is 2.02. The number of amides is 2. The Labute approximate surface area is 101 Å². The van der Waals surface area contributed by atoms with Gasteiger partial charge in [-0.05, 0) is 31.9 Å². The van der Waals surface area contributed by atoms with Crippen LogP contribution < -0.4 is 11.5 Å². The molecule has 0 saturated carbocycles. The molecule has 2 amide bonds.